The summed E-state index contributed by atoms with van der Waals surface area (Å²) in [6.07, 6.45) is 0.670. The molecule has 0 aliphatic carbocycles. The van der Waals surface area contributed by atoms with Crippen LogP contribution in [-0.2, 0) is 13.0 Å². The SMILES string of the molecule is Cc1cccc(COc2c(Cl)cc(Cl)cc2CC(C)N)c1. The van der Waals surface area contributed by atoms with Gasteiger partial charge in [0.05, 0.1) is 5.02 Å². The van der Waals surface area contributed by atoms with E-state index in [0.717, 1.165) is 11.1 Å². The van der Waals surface area contributed by atoms with Crippen molar-refractivity contribution >= 4 is 23.2 Å². The molecule has 0 aromatic heterocycles. The molecule has 112 valence electrons. The summed E-state index contributed by atoms with van der Waals surface area (Å²) in [6, 6.07) is 11.8. The number of aryl methyl sites for hydroxylation is 1. The van der Waals surface area contributed by atoms with E-state index in [0.29, 0.717) is 28.8 Å². The molecule has 0 amide bonds. The molecule has 2 rings (SSSR count). The quantitative estimate of drug-likeness (QED) is 0.860. The van der Waals surface area contributed by atoms with Gasteiger partial charge in [0.1, 0.15) is 12.4 Å². The van der Waals surface area contributed by atoms with Crippen molar-refractivity contribution in [2.45, 2.75) is 32.9 Å². The minimum absolute atomic E-state index is 0.0147. The van der Waals surface area contributed by atoms with Crippen LogP contribution in [0.15, 0.2) is 36.4 Å². The Morgan fingerprint density at radius 1 is 1.19 bits per heavy atom. The minimum atomic E-state index is 0.0147. The Hall–Kier alpha value is -1.22. The summed E-state index contributed by atoms with van der Waals surface area (Å²) in [5, 5.41) is 1.12. The van der Waals surface area contributed by atoms with E-state index >= 15 is 0 Å². The first-order chi connectivity index (χ1) is 9.95. The van der Waals surface area contributed by atoms with Crippen LogP contribution in [0.4, 0.5) is 0 Å². The largest absolute Gasteiger partial charge is 0.487 e. The zero-order chi connectivity index (χ0) is 15.4. The third kappa shape index (κ3) is 4.63. The Labute approximate surface area is 135 Å². The third-order valence-corrected chi connectivity index (χ3v) is 3.59. The van der Waals surface area contributed by atoms with Crippen LogP contribution in [-0.4, -0.2) is 6.04 Å². The number of nitrogens with two attached hydrogens (primary N) is 1. The number of benzene rings is 2. The average Bonchev–Trinajstić information content (AvgIpc) is 2.36. The van der Waals surface area contributed by atoms with Gasteiger partial charge in [-0.15, -0.1) is 0 Å². The Morgan fingerprint density at radius 2 is 1.95 bits per heavy atom. The highest BCUT2D eigenvalue weighted by atomic mass is 35.5. The van der Waals surface area contributed by atoms with Gasteiger partial charge in [0.2, 0.25) is 0 Å². The summed E-state index contributed by atoms with van der Waals surface area (Å²) in [5.41, 5.74) is 9.13. The molecule has 2 nitrogen and oxygen atoms in total. The van der Waals surface area contributed by atoms with Crippen LogP contribution < -0.4 is 10.5 Å². The first-order valence-electron chi connectivity index (χ1n) is 6.87. The third-order valence-electron chi connectivity index (χ3n) is 3.09. The lowest BCUT2D eigenvalue weighted by atomic mass is 10.1. The highest BCUT2D eigenvalue weighted by Gasteiger charge is 2.12. The molecule has 0 fully saturated rings. The van der Waals surface area contributed by atoms with E-state index in [-0.39, 0.29) is 6.04 Å². The van der Waals surface area contributed by atoms with Crippen LogP contribution in [0.25, 0.3) is 0 Å². The molecule has 0 radical (unpaired) electrons. The van der Waals surface area contributed by atoms with Crippen LogP contribution in [0.3, 0.4) is 0 Å². The van der Waals surface area contributed by atoms with Gasteiger partial charge < -0.3 is 10.5 Å². The Morgan fingerprint density at radius 3 is 2.62 bits per heavy atom. The lowest BCUT2D eigenvalue weighted by Gasteiger charge is -2.15. The van der Waals surface area contributed by atoms with Gasteiger partial charge in [0.15, 0.2) is 0 Å². The van der Waals surface area contributed by atoms with E-state index in [1.165, 1.54) is 5.56 Å². The van der Waals surface area contributed by atoms with E-state index in [1.807, 2.05) is 25.1 Å². The Kier molecular flexibility index (Phi) is 5.51. The van der Waals surface area contributed by atoms with Crippen molar-refractivity contribution in [2.24, 2.45) is 5.73 Å². The Bertz CT molecular complexity index is 626. The van der Waals surface area contributed by atoms with Gasteiger partial charge in [-0.2, -0.15) is 0 Å². The predicted octanol–water partition coefficient (Wildman–Crippen LogP) is 4.77. The van der Waals surface area contributed by atoms with E-state index in [2.05, 4.69) is 19.1 Å². The summed E-state index contributed by atoms with van der Waals surface area (Å²) in [4.78, 5) is 0. The lowest BCUT2D eigenvalue weighted by Crippen LogP contribution is -2.18. The van der Waals surface area contributed by atoms with E-state index in [4.69, 9.17) is 33.7 Å². The number of ether oxygens (including phenoxy) is 1. The first-order valence-corrected chi connectivity index (χ1v) is 7.63. The van der Waals surface area contributed by atoms with Crippen molar-refractivity contribution in [1.29, 1.82) is 0 Å². The smallest absolute Gasteiger partial charge is 0.141 e. The second kappa shape index (κ2) is 7.17. The maximum atomic E-state index is 6.27. The molecule has 0 aliphatic heterocycles. The summed E-state index contributed by atoms with van der Waals surface area (Å²) < 4.78 is 5.92. The molecule has 2 aromatic rings. The first kappa shape index (κ1) is 16.2. The molecular formula is C17H19Cl2NO. The fraction of sp³-hybridized carbons (Fsp3) is 0.294. The zero-order valence-electron chi connectivity index (χ0n) is 12.2. The van der Waals surface area contributed by atoms with Crippen molar-refractivity contribution in [2.75, 3.05) is 0 Å². The molecule has 0 heterocycles. The molecule has 21 heavy (non-hydrogen) atoms. The monoisotopic (exact) mass is 323 g/mol. The molecule has 0 aliphatic rings. The van der Waals surface area contributed by atoms with Gasteiger partial charge in [-0.1, -0.05) is 53.0 Å². The van der Waals surface area contributed by atoms with E-state index in [1.54, 1.807) is 6.07 Å². The highest BCUT2D eigenvalue weighted by Crippen LogP contribution is 2.33. The van der Waals surface area contributed by atoms with Crippen molar-refractivity contribution in [3.63, 3.8) is 0 Å². The molecule has 0 spiro atoms. The summed E-state index contributed by atoms with van der Waals surface area (Å²) in [5.74, 6) is 0.667. The number of halogens is 2. The molecule has 1 unspecified atom stereocenters. The normalized spacial score (nSPS) is 12.2. The number of hydrogen-bond donors (Lipinski definition) is 1. The fourth-order valence-electron chi connectivity index (χ4n) is 2.23. The number of rotatable bonds is 5. The summed E-state index contributed by atoms with van der Waals surface area (Å²) in [7, 11) is 0. The molecule has 0 saturated carbocycles. The van der Waals surface area contributed by atoms with Gasteiger partial charge in [-0.25, -0.2) is 0 Å². The van der Waals surface area contributed by atoms with Gasteiger partial charge in [-0.3, -0.25) is 0 Å². The summed E-state index contributed by atoms with van der Waals surface area (Å²) >= 11 is 12.3. The van der Waals surface area contributed by atoms with Gasteiger partial charge in [-0.05, 0) is 43.5 Å². The second-order valence-corrected chi connectivity index (χ2v) is 6.18. The maximum Gasteiger partial charge on any atom is 0.141 e. The molecular weight excluding hydrogens is 305 g/mol. The maximum absolute atomic E-state index is 6.27. The van der Waals surface area contributed by atoms with E-state index < -0.39 is 0 Å². The van der Waals surface area contributed by atoms with Gasteiger partial charge in [0, 0.05) is 11.1 Å². The lowest BCUT2D eigenvalue weighted by molar-refractivity contribution is 0.302. The summed E-state index contributed by atoms with van der Waals surface area (Å²) in [6.45, 7) is 4.47. The van der Waals surface area contributed by atoms with Crippen molar-refractivity contribution in [3.05, 3.63) is 63.1 Å². The molecule has 0 saturated heterocycles. The number of hydrogen-bond acceptors (Lipinski definition) is 2. The molecule has 2 N–H and O–H groups in total. The van der Waals surface area contributed by atoms with E-state index in [9.17, 15) is 0 Å². The van der Waals surface area contributed by atoms with Crippen molar-refractivity contribution in [1.82, 2.24) is 0 Å². The van der Waals surface area contributed by atoms with Crippen LogP contribution in [0.2, 0.25) is 10.0 Å². The topological polar surface area (TPSA) is 35.2 Å². The second-order valence-electron chi connectivity index (χ2n) is 5.33. The average molecular weight is 324 g/mol. The minimum Gasteiger partial charge on any atom is -0.487 e. The fourth-order valence-corrected chi connectivity index (χ4v) is 2.82. The zero-order valence-corrected chi connectivity index (χ0v) is 13.7. The molecule has 2 aromatic carbocycles. The van der Waals surface area contributed by atoms with Crippen LogP contribution in [0.1, 0.15) is 23.6 Å². The van der Waals surface area contributed by atoms with Crippen LogP contribution in [0.5, 0.6) is 5.75 Å². The van der Waals surface area contributed by atoms with Gasteiger partial charge in [0.25, 0.3) is 0 Å². The highest BCUT2D eigenvalue weighted by molar-refractivity contribution is 6.35. The Balaban J connectivity index is 2.22. The standard InChI is InChI=1S/C17H19Cl2NO/c1-11-4-3-5-13(6-11)10-21-17-14(7-12(2)20)8-15(18)9-16(17)19/h3-6,8-9,12H,7,10,20H2,1-2H3. The van der Waals surface area contributed by atoms with Crippen molar-refractivity contribution < 1.29 is 4.74 Å². The van der Waals surface area contributed by atoms with Gasteiger partial charge >= 0.3 is 0 Å². The predicted molar refractivity (Wildman–Crippen MR) is 89.3 cm³/mol. The van der Waals surface area contributed by atoms with Crippen molar-refractivity contribution in [3.8, 4) is 5.75 Å². The molecule has 4 heteroatoms. The molecule has 1 atom stereocenters. The molecule has 0 bridgehead atoms. The van der Waals surface area contributed by atoms with Crippen LogP contribution >= 0.6 is 23.2 Å². The van der Waals surface area contributed by atoms with Crippen LogP contribution in [0, 0.1) is 6.92 Å².